The van der Waals surface area contributed by atoms with Crippen molar-refractivity contribution in [2.45, 2.75) is 20.0 Å². The summed E-state index contributed by atoms with van der Waals surface area (Å²) in [7, 11) is 0. The fraction of sp³-hybridized carbons (Fsp3) is 0.300. The van der Waals surface area contributed by atoms with Gasteiger partial charge in [-0.05, 0) is 31.5 Å². The van der Waals surface area contributed by atoms with Gasteiger partial charge in [-0.3, -0.25) is 0 Å². The van der Waals surface area contributed by atoms with Crippen LogP contribution in [-0.4, -0.2) is 12.0 Å². The smallest absolute Gasteiger partial charge is 0.130 e. The highest BCUT2D eigenvalue weighted by atomic mass is 19.1. The Morgan fingerprint density at radius 1 is 1.50 bits per heavy atom. The van der Waals surface area contributed by atoms with Crippen LogP contribution in [0.4, 0.5) is 10.1 Å². The van der Waals surface area contributed by atoms with Crippen LogP contribution in [-0.2, 0) is 0 Å². The van der Waals surface area contributed by atoms with E-state index in [1.165, 1.54) is 6.07 Å². The van der Waals surface area contributed by atoms with Gasteiger partial charge in [0, 0.05) is 11.3 Å². The van der Waals surface area contributed by atoms with Crippen LogP contribution in [0.25, 0.3) is 0 Å². The number of hydrogen-bond acceptors (Lipinski definition) is 3. The molecule has 1 unspecified atom stereocenters. The van der Waals surface area contributed by atoms with Crippen LogP contribution in [0.2, 0.25) is 0 Å². The summed E-state index contributed by atoms with van der Waals surface area (Å²) in [5.74, 6) is 0.243. The van der Waals surface area contributed by atoms with Crippen molar-refractivity contribution < 1.29 is 4.39 Å². The summed E-state index contributed by atoms with van der Waals surface area (Å²) in [6.45, 7) is 3.58. The minimum Gasteiger partial charge on any atom is -0.383 e. The molecule has 1 aliphatic rings. The average Bonchev–Trinajstić information content (AvgIpc) is 2.08. The maximum absolute atomic E-state index is 13.2. The molecule has 0 saturated heterocycles. The number of anilines is 1. The van der Waals surface area contributed by atoms with Gasteiger partial charge in [-0.15, -0.1) is 0 Å². The highest BCUT2D eigenvalue weighted by molar-refractivity contribution is 6.04. The molecule has 1 heterocycles. The molecule has 74 valence electrons. The van der Waals surface area contributed by atoms with Crippen molar-refractivity contribution in [1.82, 2.24) is 0 Å². The number of amidine groups is 1. The third-order valence-electron chi connectivity index (χ3n) is 2.27. The molecule has 0 radical (unpaired) electrons. The van der Waals surface area contributed by atoms with Crippen molar-refractivity contribution in [2.75, 3.05) is 5.32 Å². The number of fused-ring (bicyclic) bond motifs is 1. The van der Waals surface area contributed by atoms with E-state index in [2.05, 4.69) is 10.3 Å². The van der Waals surface area contributed by atoms with Gasteiger partial charge in [0.25, 0.3) is 0 Å². The molecule has 0 bridgehead atoms. The van der Waals surface area contributed by atoms with Gasteiger partial charge < -0.3 is 11.1 Å². The van der Waals surface area contributed by atoms with Gasteiger partial charge >= 0.3 is 0 Å². The van der Waals surface area contributed by atoms with E-state index in [1.807, 2.05) is 6.92 Å². The van der Waals surface area contributed by atoms with Crippen molar-refractivity contribution in [1.29, 1.82) is 0 Å². The van der Waals surface area contributed by atoms with Crippen molar-refractivity contribution in [2.24, 2.45) is 10.7 Å². The first kappa shape index (κ1) is 8.99. The summed E-state index contributed by atoms with van der Waals surface area (Å²) in [6.07, 6.45) is -0.0930. The fourth-order valence-electron chi connectivity index (χ4n) is 1.55. The molecule has 3 nitrogen and oxygen atoms in total. The van der Waals surface area contributed by atoms with Gasteiger partial charge in [0.2, 0.25) is 0 Å². The Labute approximate surface area is 81.8 Å². The number of rotatable bonds is 0. The van der Waals surface area contributed by atoms with E-state index in [-0.39, 0.29) is 12.0 Å². The molecule has 1 aromatic rings. The Balaban J connectivity index is 2.59. The van der Waals surface area contributed by atoms with Crippen LogP contribution in [0.15, 0.2) is 17.1 Å². The Morgan fingerprint density at radius 2 is 2.21 bits per heavy atom. The number of hydrogen-bond donors (Lipinski definition) is 2. The van der Waals surface area contributed by atoms with Crippen LogP contribution in [0.3, 0.4) is 0 Å². The highest BCUT2D eigenvalue weighted by Crippen LogP contribution is 2.24. The number of nitrogens with one attached hydrogen (secondary N) is 1. The zero-order valence-corrected chi connectivity index (χ0v) is 8.13. The number of nitrogens with two attached hydrogens (primary N) is 1. The molecule has 0 spiro atoms. The number of halogens is 1. The molecule has 0 aliphatic carbocycles. The SMILES string of the molecule is Cc1cc2c(cc1F)NC(C)N=C2N. The second-order valence-electron chi connectivity index (χ2n) is 3.48. The second kappa shape index (κ2) is 2.97. The molecule has 0 fully saturated rings. The Kier molecular flexibility index (Phi) is 1.91. The predicted molar refractivity (Wildman–Crippen MR) is 54.9 cm³/mol. The van der Waals surface area contributed by atoms with E-state index in [9.17, 15) is 4.39 Å². The normalized spacial score (nSPS) is 19.6. The van der Waals surface area contributed by atoms with Gasteiger partial charge in [-0.25, -0.2) is 9.38 Å². The second-order valence-corrected chi connectivity index (χ2v) is 3.48. The molecular weight excluding hydrogens is 181 g/mol. The van der Waals surface area contributed by atoms with Crippen molar-refractivity contribution >= 4 is 11.5 Å². The van der Waals surface area contributed by atoms with E-state index in [4.69, 9.17) is 5.73 Å². The summed E-state index contributed by atoms with van der Waals surface area (Å²) in [5.41, 5.74) is 7.82. The van der Waals surface area contributed by atoms with Crippen molar-refractivity contribution in [3.05, 3.63) is 29.1 Å². The molecule has 1 aromatic carbocycles. The highest BCUT2D eigenvalue weighted by Gasteiger charge is 2.16. The maximum atomic E-state index is 13.2. The largest absolute Gasteiger partial charge is 0.383 e. The van der Waals surface area contributed by atoms with E-state index >= 15 is 0 Å². The fourth-order valence-corrected chi connectivity index (χ4v) is 1.55. The molecule has 0 amide bonds. The summed E-state index contributed by atoms with van der Waals surface area (Å²) in [5, 5.41) is 3.05. The quantitative estimate of drug-likeness (QED) is 0.657. The maximum Gasteiger partial charge on any atom is 0.130 e. The van der Waals surface area contributed by atoms with E-state index < -0.39 is 0 Å². The van der Waals surface area contributed by atoms with Crippen molar-refractivity contribution in [3.8, 4) is 0 Å². The summed E-state index contributed by atoms with van der Waals surface area (Å²) in [6, 6.07) is 3.17. The molecule has 2 rings (SSSR count). The number of aryl methyl sites for hydroxylation is 1. The lowest BCUT2D eigenvalue weighted by Crippen LogP contribution is -2.28. The first-order valence-corrected chi connectivity index (χ1v) is 4.48. The van der Waals surface area contributed by atoms with Crippen LogP contribution >= 0.6 is 0 Å². The molecule has 1 aliphatic heterocycles. The molecule has 0 aromatic heterocycles. The molecule has 1 atom stereocenters. The summed E-state index contributed by atoms with van der Waals surface area (Å²) < 4.78 is 13.2. The van der Waals surface area contributed by atoms with Crippen molar-refractivity contribution in [3.63, 3.8) is 0 Å². The molecule has 14 heavy (non-hydrogen) atoms. The molecule has 4 heteroatoms. The van der Waals surface area contributed by atoms with Gasteiger partial charge in [-0.1, -0.05) is 0 Å². The Morgan fingerprint density at radius 3 is 2.93 bits per heavy atom. The first-order valence-electron chi connectivity index (χ1n) is 4.48. The Hall–Kier alpha value is -1.58. The lowest BCUT2D eigenvalue weighted by atomic mass is 10.1. The van der Waals surface area contributed by atoms with Crippen LogP contribution in [0, 0.1) is 12.7 Å². The van der Waals surface area contributed by atoms with Gasteiger partial charge in [0.05, 0.1) is 0 Å². The van der Waals surface area contributed by atoms with Gasteiger partial charge in [0.1, 0.15) is 17.8 Å². The summed E-state index contributed by atoms with van der Waals surface area (Å²) >= 11 is 0. The lowest BCUT2D eigenvalue weighted by Gasteiger charge is -2.21. The third-order valence-corrected chi connectivity index (χ3v) is 2.27. The van der Waals surface area contributed by atoms with Gasteiger partial charge in [-0.2, -0.15) is 0 Å². The van der Waals surface area contributed by atoms with E-state index in [1.54, 1.807) is 13.0 Å². The Bertz CT molecular complexity index is 412. The summed E-state index contributed by atoms with van der Waals surface area (Å²) in [4.78, 5) is 4.16. The van der Waals surface area contributed by atoms with Gasteiger partial charge in [0.15, 0.2) is 0 Å². The predicted octanol–water partition coefficient (Wildman–Crippen LogP) is 1.61. The molecule has 0 saturated carbocycles. The zero-order valence-electron chi connectivity index (χ0n) is 8.13. The van der Waals surface area contributed by atoms with E-state index in [0.29, 0.717) is 17.1 Å². The number of benzene rings is 1. The molecular formula is C10H12FN3. The minimum absolute atomic E-state index is 0.0930. The monoisotopic (exact) mass is 193 g/mol. The first-order chi connectivity index (χ1) is 6.58. The van der Waals surface area contributed by atoms with Crippen LogP contribution in [0.5, 0.6) is 0 Å². The van der Waals surface area contributed by atoms with E-state index in [0.717, 1.165) is 5.56 Å². The number of nitrogens with zero attached hydrogens (tertiary/aromatic N) is 1. The minimum atomic E-state index is -0.224. The average molecular weight is 193 g/mol. The zero-order chi connectivity index (χ0) is 10.3. The topological polar surface area (TPSA) is 50.4 Å². The standard InChI is InChI=1S/C10H12FN3/c1-5-3-7-9(4-8(5)11)13-6(2)14-10(7)12/h3-4,6,13H,1-2H3,(H2,12,14). The lowest BCUT2D eigenvalue weighted by molar-refractivity contribution is 0.618. The van der Waals surface area contributed by atoms with Crippen LogP contribution in [0.1, 0.15) is 18.1 Å². The third kappa shape index (κ3) is 1.32. The molecule has 3 N–H and O–H groups in total. The number of aliphatic imine (C=N–C) groups is 1. The van der Waals surface area contributed by atoms with Crippen LogP contribution < -0.4 is 11.1 Å².